The zero-order valence-corrected chi connectivity index (χ0v) is 8.92. The minimum Gasteiger partial charge on any atom is -0.381 e. The number of nitrogens with zero attached hydrogens (tertiary/aromatic N) is 2. The number of nitrogens with one attached hydrogen (secondary N) is 1. The molecular weight excluding hydrogens is 216 g/mol. The van der Waals surface area contributed by atoms with Crippen LogP contribution in [0.15, 0.2) is 6.20 Å². The molecule has 15 heavy (non-hydrogen) atoms. The molecule has 0 unspecified atom stereocenters. The molecule has 1 saturated heterocycles. The molecule has 1 aliphatic heterocycles. The van der Waals surface area contributed by atoms with E-state index in [0.717, 1.165) is 11.5 Å². The van der Waals surface area contributed by atoms with Gasteiger partial charge in [0.05, 0.1) is 6.20 Å². The van der Waals surface area contributed by atoms with Gasteiger partial charge in [0.1, 0.15) is 10.5 Å². The third-order valence-electron chi connectivity index (χ3n) is 2.44. The van der Waals surface area contributed by atoms with Gasteiger partial charge < -0.3 is 15.8 Å². The van der Waals surface area contributed by atoms with E-state index in [0.29, 0.717) is 31.1 Å². The molecular formula is C8H12N4O2S. The zero-order chi connectivity index (χ0) is 10.7. The van der Waals surface area contributed by atoms with Crippen molar-refractivity contribution in [3.8, 4) is 0 Å². The molecule has 6 nitrogen and oxygen atoms in total. The summed E-state index contributed by atoms with van der Waals surface area (Å²) in [5.74, 6) is -0.183. The summed E-state index contributed by atoms with van der Waals surface area (Å²) in [4.78, 5) is 11.8. The minimum absolute atomic E-state index is 0.183. The van der Waals surface area contributed by atoms with E-state index in [9.17, 15) is 4.79 Å². The third kappa shape index (κ3) is 2.31. The molecule has 1 aliphatic rings. The van der Waals surface area contributed by atoms with Crippen LogP contribution in [0.1, 0.15) is 12.8 Å². The second-order valence-corrected chi connectivity index (χ2v) is 4.29. The molecule has 1 fully saturated rings. The van der Waals surface area contributed by atoms with Crippen molar-refractivity contribution in [2.45, 2.75) is 18.4 Å². The van der Waals surface area contributed by atoms with Crippen molar-refractivity contribution >= 4 is 22.4 Å². The number of hydrogen-bond donors (Lipinski definition) is 2. The smallest absolute Gasteiger partial charge is 0.245 e. The standard InChI is InChI=1S/C8H12N4O2S/c9-8(1-3-14-4-2-8)7(13)11-6-5-10-12-15-6/h5H,1-4,9H2,(H,11,13). The van der Waals surface area contributed by atoms with E-state index in [1.165, 1.54) is 6.20 Å². The number of rotatable bonds is 2. The van der Waals surface area contributed by atoms with Crippen molar-refractivity contribution in [3.05, 3.63) is 6.20 Å². The first kappa shape index (κ1) is 10.5. The Kier molecular flexibility index (Phi) is 2.94. The maximum absolute atomic E-state index is 11.8. The average molecular weight is 228 g/mol. The highest BCUT2D eigenvalue weighted by molar-refractivity contribution is 7.10. The Morgan fingerprint density at radius 1 is 1.60 bits per heavy atom. The van der Waals surface area contributed by atoms with E-state index < -0.39 is 5.54 Å². The van der Waals surface area contributed by atoms with Gasteiger partial charge in [0.2, 0.25) is 5.91 Å². The van der Waals surface area contributed by atoms with Gasteiger partial charge in [-0.3, -0.25) is 4.79 Å². The van der Waals surface area contributed by atoms with E-state index in [2.05, 4.69) is 14.9 Å². The predicted molar refractivity (Wildman–Crippen MR) is 55.5 cm³/mol. The molecule has 1 aromatic rings. The highest BCUT2D eigenvalue weighted by Gasteiger charge is 2.36. The molecule has 0 aromatic carbocycles. The molecule has 0 radical (unpaired) electrons. The lowest BCUT2D eigenvalue weighted by Gasteiger charge is -2.31. The summed E-state index contributed by atoms with van der Waals surface area (Å²) in [5.41, 5.74) is 5.17. The number of anilines is 1. The molecule has 3 N–H and O–H groups in total. The van der Waals surface area contributed by atoms with Crippen LogP contribution in [0.4, 0.5) is 5.00 Å². The molecule has 82 valence electrons. The second-order valence-electron chi connectivity index (χ2n) is 3.50. The molecule has 7 heteroatoms. The normalized spacial score (nSPS) is 19.8. The summed E-state index contributed by atoms with van der Waals surface area (Å²) in [6.45, 7) is 1.07. The fraction of sp³-hybridized carbons (Fsp3) is 0.625. The summed E-state index contributed by atoms with van der Waals surface area (Å²) in [6.07, 6.45) is 2.60. The number of carbonyl (C=O) groups is 1. The Hall–Kier alpha value is -1.05. The lowest BCUT2D eigenvalue weighted by Crippen LogP contribution is -2.54. The van der Waals surface area contributed by atoms with Crippen molar-refractivity contribution in [2.75, 3.05) is 18.5 Å². The topological polar surface area (TPSA) is 90.1 Å². The molecule has 2 rings (SSSR count). The molecule has 0 atom stereocenters. The van der Waals surface area contributed by atoms with Gasteiger partial charge in [-0.05, 0) is 12.8 Å². The van der Waals surface area contributed by atoms with E-state index in [-0.39, 0.29) is 5.91 Å². The number of nitrogens with two attached hydrogens (primary N) is 1. The minimum atomic E-state index is -0.817. The first-order chi connectivity index (χ1) is 7.21. The van der Waals surface area contributed by atoms with Gasteiger partial charge in [-0.25, -0.2) is 0 Å². The van der Waals surface area contributed by atoms with Gasteiger partial charge in [-0.15, -0.1) is 5.10 Å². The van der Waals surface area contributed by atoms with Crippen LogP contribution in [0.2, 0.25) is 0 Å². The Morgan fingerprint density at radius 2 is 2.33 bits per heavy atom. The van der Waals surface area contributed by atoms with Crippen molar-refractivity contribution < 1.29 is 9.53 Å². The van der Waals surface area contributed by atoms with Gasteiger partial charge in [-0.2, -0.15) is 0 Å². The summed E-state index contributed by atoms with van der Waals surface area (Å²) in [6, 6.07) is 0. The lowest BCUT2D eigenvalue weighted by atomic mass is 9.90. The van der Waals surface area contributed by atoms with Crippen molar-refractivity contribution in [3.63, 3.8) is 0 Å². The Bertz CT molecular complexity index is 334. The van der Waals surface area contributed by atoms with Crippen LogP contribution in [0.5, 0.6) is 0 Å². The van der Waals surface area contributed by atoms with E-state index in [4.69, 9.17) is 10.5 Å². The highest BCUT2D eigenvalue weighted by atomic mass is 32.1. The molecule has 1 amide bonds. The summed E-state index contributed by atoms with van der Waals surface area (Å²) in [5, 5.41) is 6.96. The molecule has 1 aromatic heterocycles. The SMILES string of the molecule is NC1(C(=O)Nc2cnns2)CCOCC1. The van der Waals surface area contributed by atoms with Crippen molar-refractivity contribution in [1.82, 2.24) is 9.59 Å². The Labute approximate surface area is 91.0 Å². The van der Waals surface area contributed by atoms with Gasteiger partial charge >= 0.3 is 0 Å². The van der Waals surface area contributed by atoms with E-state index in [1.54, 1.807) is 0 Å². The zero-order valence-electron chi connectivity index (χ0n) is 8.10. The maximum atomic E-state index is 11.8. The Morgan fingerprint density at radius 3 is 2.93 bits per heavy atom. The summed E-state index contributed by atoms with van der Waals surface area (Å²) in [7, 11) is 0. The number of carbonyl (C=O) groups excluding carboxylic acids is 1. The van der Waals surface area contributed by atoms with Gasteiger partial charge in [-0.1, -0.05) is 4.49 Å². The van der Waals surface area contributed by atoms with Crippen molar-refractivity contribution in [2.24, 2.45) is 5.73 Å². The van der Waals surface area contributed by atoms with E-state index >= 15 is 0 Å². The number of amides is 1. The van der Waals surface area contributed by atoms with Crippen LogP contribution in [0.25, 0.3) is 0 Å². The lowest BCUT2D eigenvalue weighted by molar-refractivity contribution is -0.124. The third-order valence-corrected chi connectivity index (χ3v) is 3.02. The average Bonchev–Trinajstić information content (AvgIpc) is 2.71. The first-order valence-corrected chi connectivity index (χ1v) is 5.43. The first-order valence-electron chi connectivity index (χ1n) is 4.66. The van der Waals surface area contributed by atoms with Gasteiger partial charge in [0, 0.05) is 24.7 Å². The molecule has 0 saturated carbocycles. The van der Waals surface area contributed by atoms with Gasteiger partial charge in [0.15, 0.2) is 0 Å². The predicted octanol–water partition coefficient (Wildman–Crippen LogP) is -0.0155. The van der Waals surface area contributed by atoms with Crippen LogP contribution in [0, 0.1) is 0 Å². The molecule has 0 spiro atoms. The second kappa shape index (κ2) is 4.21. The largest absolute Gasteiger partial charge is 0.381 e. The van der Waals surface area contributed by atoms with Crippen LogP contribution in [0.3, 0.4) is 0 Å². The monoisotopic (exact) mass is 228 g/mol. The van der Waals surface area contributed by atoms with Crippen LogP contribution < -0.4 is 11.1 Å². The molecule has 0 aliphatic carbocycles. The Balaban J connectivity index is 2.00. The van der Waals surface area contributed by atoms with E-state index in [1.807, 2.05) is 0 Å². The van der Waals surface area contributed by atoms with Crippen LogP contribution in [-0.4, -0.2) is 34.2 Å². The highest BCUT2D eigenvalue weighted by Crippen LogP contribution is 2.20. The molecule has 0 bridgehead atoms. The maximum Gasteiger partial charge on any atom is 0.245 e. The summed E-state index contributed by atoms with van der Waals surface area (Å²) < 4.78 is 8.82. The fourth-order valence-electron chi connectivity index (χ4n) is 1.42. The van der Waals surface area contributed by atoms with Crippen molar-refractivity contribution in [1.29, 1.82) is 0 Å². The number of hydrogen-bond acceptors (Lipinski definition) is 6. The fourth-order valence-corrected chi connectivity index (χ4v) is 1.84. The quantitative estimate of drug-likeness (QED) is 0.742. The van der Waals surface area contributed by atoms with Crippen LogP contribution in [-0.2, 0) is 9.53 Å². The summed E-state index contributed by atoms with van der Waals surface area (Å²) >= 11 is 1.13. The molecule has 2 heterocycles. The number of ether oxygens (including phenoxy) is 1. The van der Waals surface area contributed by atoms with Crippen LogP contribution >= 0.6 is 11.5 Å². The van der Waals surface area contributed by atoms with Gasteiger partial charge in [0.25, 0.3) is 0 Å². The number of aromatic nitrogens is 2.